The van der Waals surface area contributed by atoms with E-state index in [0.29, 0.717) is 24.8 Å². The van der Waals surface area contributed by atoms with Crippen LogP contribution in [0.2, 0.25) is 0 Å². The van der Waals surface area contributed by atoms with Crippen molar-refractivity contribution in [1.29, 1.82) is 0 Å². The molecule has 2 heterocycles. The van der Waals surface area contributed by atoms with E-state index in [1.54, 1.807) is 4.90 Å². The van der Waals surface area contributed by atoms with E-state index in [9.17, 15) is 4.79 Å². The van der Waals surface area contributed by atoms with Gasteiger partial charge in [-0.1, -0.05) is 18.5 Å². The maximum atomic E-state index is 12.5. The zero-order valence-electron chi connectivity index (χ0n) is 14.2. The lowest BCUT2D eigenvalue weighted by Gasteiger charge is -2.31. The molecule has 1 atom stereocenters. The van der Waals surface area contributed by atoms with Crippen LogP contribution < -0.4 is 5.32 Å². The molecule has 0 saturated heterocycles. The summed E-state index contributed by atoms with van der Waals surface area (Å²) in [6, 6.07) is -0.279. The number of carbonyl (C=O) groups is 1. The van der Waals surface area contributed by atoms with E-state index in [1.165, 1.54) is 0 Å². The SMILES string of the molecule is CCCN(C(=O)OC(C)(C)C)C1CN(C2=CC=CNC2)N=C1Cl. The van der Waals surface area contributed by atoms with Gasteiger partial charge in [-0.3, -0.25) is 9.91 Å². The molecule has 6 nitrogen and oxygen atoms in total. The summed E-state index contributed by atoms with van der Waals surface area (Å²) in [6.45, 7) is 9.41. The number of carbonyl (C=O) groups excluding carboxylic acids is 1. The normalized spacial score (nSPS) is 20.7. The molecule has 2 aliphatic rings. The van der Waals surface area contributed by atoms with Crippen molar-refractivity contribution in [2.45, 2.75) is 45.8 Å². The van der Waals surface area contributed by atoms with Crippen molar-refractivity contribution < 1.29 is 9.53 Å². The largest absolute Gasteiger partial charge is 0.444 e. The van der Waals surface area contributed by atoms with Crippen molar-refractivity contribution in [2.24, 2.45) is 5.10 Å². The number of amides is 1. The van der Waals surface area contributed by atoms with Gasteiger partial charge >= 0.3 is 6.09 Å². The highest BCUT2D eigenvalue weighted by atomic mass is 35.5. The van der Waals surface area contributed by atoms with E-state index < -0.39 is 5.60 Å². The van der Waals surface area contributed by atoms with E-state index in [2.05, 4.69) is 10.4 Å². The second-order valence-electron chi connectivity index (χ2n) is 6.59. The molecule has 0 fully saturated rings. The highest BCUT2D eigenvalue weighted by molar-refractivity contribution is 6.67. The summed E-state index contributed by atoms with van der Waals surface area (Å²) in [5.41, 5.74) is 0.486. The molecule has 128 valence electrons. The summed E-state index contributed by atoms with van der Waals surface area (Å²) in [5, 5.41) is 9.80. The third kappa shape index (κ3) is 4.64. The molecule has 1 N–H and O–H groups in total. The van der Waals surface area contributed by atoms with Gasteiger partial charge in [-0.05, 0) is 45.5 Å². The van der Waals surface area contributed by atoms with Gasteiger partial charge in [0.2, 0.25) is 0 Å². The first-order valence-electron chi connectivity index (χ1n) is 7.92. The van der Waals surface area contributed by atoms with Crippen LogP contribution >= 0.6 is 11.6 Å². The van der Waals surface area contributed by atoms with Crippen molar-refractivity contribution >= 4 is 22.9 Å². The number of allylic oxidation sites excluding steroid dienone is 2. The number of hydrazone groups is 1. The smallest absolute Gasteiger partial charge is 0.410 e. The molecule has 0 aromatic rings. The fourth-order valence-electron chi connectivity index (χ4n) is 2.43. The molecule has 0 aliphatic carbocycles. The number of nitrogens with zero attached hydrogens (tertiary/aromatic N) is 3. The van der Waals surface area contributed by atoms with Gasteiger partial charge in [0.1, 0.15) is 11.6 Å². The number of halogens is 1. The van der Waals surface area contributed by atoms with Crippen LogP contribution in [-0.4, -0.2) is 52.5 Å². The van der Waals surface area contributed by atoms with E-state index in [1.807, 2.05) is 51.1 Å². The van der Waals surface area contributed by atoms with Crippen molar-refractivity contribution in [2.75, 3.05) is 19.6 Å². The third-order valence-electron chi connectivity index (χ3n) is 3.42. The summed E-state index contributed by atoms with van der Waals surface area (Å²) in [5.74, 6) is 0. The standard InChI is InChI=1S/C16H25ClN4O2/c1-5-9-20(15(22)23-16(2,3)4)13-11-21(19-14(13)17)12-7-6-8-18-10-12/h6-8,13,18H,5,9-11H2,1-4H3. The Morgan fingerprint density at radius 2 is 2.30 bits per heavy atom. The van der Waals surface area contributed by atoms with Gasteiger partial charge in [-0.2, -0.15) is 5.10 Å². The van der Waals surface area contributed by atoms with Gasteiger partial charge in [0.05, 0.1) is 18.8 Å². The van der Waals surface area contributed by atoms with Crippen molar-refractivity contribution in [3.05, 3.63) is 24.0 Å². The van der Waals surface area contributed by atoms with Crippen LogP contribution in [0.1, 0.15) is 34.1 Å². The Labute approximate surface area is 142 Å². The Kier molecular flexibility index (Phi) is 5.57. The van der Waals surface area contributed by atoms with Gasteiger partial charge < -0.3 is 10.1 Å². The van der Waals surface area contributed by atoms with Gasteiger partial charge in [0.15, 0.2) is 5.17 Å². The van der Waals surface area contributed by atoms with Crippen LogP contribution in [-0.2, 0) is 4.74 Å². The second kappa shape index (κ2) is 7.25. The van der Waals surface area contributed by atoms with Crippen LogP contribution in [0.25, 0.3) is 0 Å². The van der Waals surface area contributed by atoms with E-state index >= 15 is 0 Å². The fraction of sp³-hybridized carbons (Fsp3) is 0.625. The van der Waals surface area contributed by atoms with Crippen LogP contribution in [0, 0.1) is 0 Å². The summed E-state index contributed by atoms with van der Waals surface area (Å²) in [6.07, 6.45) is 6.27. The molecule has 7 heteroatoms. The summed E-state index contributed by atoms with van der Waals surface area (Å²) < 4.78 is 5.51. The predicted molar refractivity (Wildman–Crippen MR) is 92.2 cm³/mol. The molecule has 23 heavy (non-hydrogen) atoms. The molecule has 0 aromatic heterocycles. The summed E-state index contributed by atoms with van der Waals surface area (Å²) in [7, 11) is 0. The first-order chi connectivity index (χ1) is 10.8. The Bertz CT molecular complexity index is 537. The molecule has 0 spiro atoms. The van der Waals surface area contributed by atoms with Crippen molar-refractivity contribution in [1.82, 2.24) is 15.2 Å². The molecule has 2 aliphatic heterocycles. The van der Waals surface area contributed by atoms with Crippen LogP contribution in [0.5, 0.6) is 0 Å². The maximum Gasteiger partial charge on any atom is 0.410 e. The van der Waals surface area contributed by atoms with Crippen molar-refractivity contribution in [3.63, 3.8) is 0 Å². The summed E-state index contributed by atoms with van der Waals surface area (Å²) in [4.78, 5) is 14.2. The lowest BCUT2D eigenvalue weighted by Crippen LogP contribution is -2.48. The molecule has 1 unspecified atom stereocenters. The van der Waals surface area contributed by atoms with E-state index in [-0.39, 0.29) is 12.1 Å². The van der Waals surface area contributed by atoms with Gasteiger partial charge in [-0.25, -0.2) is 4.79 Å². The highest BCUT2D eigenvalue weighted by Crippen LogP contribution is 2.23. The molecule has 0 bridgehead atoms. The average molecular weight is 341 g/mol. The molecule has 0 aromatic carbocycles. The van der Waals surface area contributed by atoms with Gasteiger partial charge in [-0.15, -0.1) is 0 Å². The summed E-state index contributed by atoms with van der Waals surface area (Å²) >= 11 is 6.33. The Morgan fingerprint density at radius 3 is 2.87 bits per heavy atom. The quantitative estimate of drug-likeness (QED) is 0.855. The zero-order chi connectivity index (χ0) is 17.0. The lowest BCUT2D eigenvalue weighted by molar-refractivity contribution is 0.0208. The van der Waals surface area contributed by atoms with Crippen molar-refractivity contribution in [3.8, 4) is 0 Å². The lowest BCUT2D eigenvalue weighted by atomic mass is 10.2. The maximum absolute atomic E-state index is 12.5. The molecule has 0 saturated carbocycles. The number of nitrogens with one attached hydrogen (secondary N) is 1. The number of rotatable bonds is 4. The topological polar surface area (TPSA) is 57.2 Å². The first-order valence-corrected chi connectivity index (χ1v) is 8.30. The van der Waals surface area contributed by atoms with E-state index in [4.69, 9.17) is 16.3 Å². The molecule has 0 radical (unpaired) electrons. The van der Waals surface area contributed by atoms with Gasteiger partial charge in [0.25, 0.3) is 0 Å². The van der Waals surface area contributed by atoms with Gasteiger partial charge in [0, 0.05) is 6.54 Å². The average Bonchev–Trinajstić information content (AvgIpc) is 2.85. The van der Waals surface area contributed by atoms with E-state index in [0.717, 1.165) is 12.1 Å². The molecular weight excluding hydrogens is 316 g/mol. The third-order valence-corrected chi connectivity index (χ3v) is 3.75. The van der Waals surface area contributed by atoms with Crippen LogP contribution in [0.4, 0.5) is 4.79 Å². The second-order valence-corrected chi connectivity index (χ2v) is 6.98. The Balaban J connectivity index is 2.11. The fourth-order valence-corrected chi connectivity index (χ4v) is 2.71. The molecular formula is C16H25ClN4O2. The minimum absolute atomic E-state index is 0.279. The minimum atomic E-state index is -0.536. The Morgan fingerprint density at radius 1 is 1.57 bits per heavy atom. The number of hydrogen-bond acceptors (Lipinski definition) is 5. The highest BCUT2D eigenvalue weighted by Gasteiger charge is 2.36. The number of hydrogen-bond donors (Lipinski definition) is 1. The Hall–Kier alpha value is -1.69. The zero-order valence-corrected chi connectivity index (χ0v) is 14.9. The van der Waals surface area contributed by atoms with Crippen LogP contribution in [0.15, 0.2) is 29.2 Å². The molecule has 1 amide bonds. The minimum Gasteiger partial charge on any atom is -0.444 e. The monoisotopic (exact) mass is 340 g/mol. The number of dihydropyridines is 1. The first kappa shape index (κ1) is 17.7. The predicted octanol–water partition coefficient (Wildman–Crippen LogP) is 2.87. The molecule has 2 rings (SSSR count). The van der Waals surface area contributed by atoms with Crippen LogP contribution in [0.3, 0.4) is 0 Å². The number of ether oxygens (including phenoxy) is 1.